The SMILES string of the molecule is CCCn1c(-c2ccc(C(=O)Nc3ccc(C)cc3)s2)nc2ccccc21. The van der Waals surface area contributed by atoms with Gasteiger partial charge in [0.05, 0.1) is 20.8 Å². The Morgan fingerprint density at radius 3 is 2.63 bits per heavy atom. The molecule has 0 aliphatic rings. The van der Waals surface area contributed by atoms with Gasteiger partial charge in [0.25, 0.3) is 5.91 Å². The average Bonchev–Trinajstić information content (AvgIpc) is 3.29. The minimum absolute atomic E-state index is 0.0896. The number of para-hydroxylation sites is 2. The van der Waals surface area contributed by atoms with Gasteiger partial charge >= 0.3 is 0 Å². The molecule has 0 saturated heterocycles. The van der Waals surface area contributed by atoms with Crippen LogP contribution in [-0.2, 0) is 6.54 Å². The van der Waals surface area contributed by atoms with Crippen molar-refractivity contribution in [2.75, 3.05) is 5.32 Å². The first-order valence-electron chi connectivity index (χ1n) is 9.09. The van der Waals surface area contributed by atoms with E-state index in [-0.39, 0.29) is 5.91 Å². The van der Waals surface area contributed by atoms with Crippen LogP contribution in [0.5, 0.6) is 0 Å². The molecule has 0 radical (unpaired) electrons. The second kappa shape index (κ2) is 7.37. The molecule has 5 heteroatoms. The summed E-state index contributed by atoms with van der Waals surface area (Å²) in [7, 11) is 0. The highest BCUT2D eigenvalue weighted by molar-refractivity contribution is 7.17. The molecule has 0 atom stereocenters. The number of aryl methyl sites for hydroxylation is 2. The molecule has 0 aliphatic heterocycles. The number of fused-ring (bicyclic) bond motifs is 1. The summed E-state index contributed by atoms with van der Waals surface area (Å²) in [6.45, 7) is 5.09. The molecule has 2 aromatic carbocycles. The lowest BCUT2D eigenvalue weighted by Gasteiger charge is -2.06. The summed E-state index contributed by atoms with van der Waals surface area (Å²) >= 11 is 1.48. The van der Waals surface area contributed by atoms with Crippen molar-refractivity contribution < 1.29 is 4.79 Å². The molecule has 136 valence electrons. The first-order valence-corrected chi connectivity index (χ1v) is 9.91. The lowest BCUT2D eigenvalue weighted by molar-refractivity contribution is 0.103. The van der Waals surface area contributed by atoms with Crippen molar-refractivity contribution in [3.63, 3.8) is 0 Å². The zero-order valence-electron chi connectivity index (χ0n) is 15.4. The van der Waals surface area contributed by atoms with Crippen LogP contribution in [0, 0.1) is 6.92 Å². The molecule has 1 amide bonds. The Kier molecular flexibility index (Phi) is 4.77. The second-order valence-electron chi connectivity index (χ2n) is 6.56. The Morgan fingerprint density at radius 1 is 1.07 bits per heavy atom. The number of anilines is 1. The summed E-state index contributed by atoms with van der Waals surface area (Å²) in [5.41, 5.74) is 4.09. The van der Waals surface area contributed by atoms with Gasteiger partial charge in [0.15, 0.2) is 5.82 Å². The number of hydrogen-bond donors (Lipinski definition) is 1. The number of carbonyl (C=O) groups is 1. The average molecular weight is 375 g/mol. The van der Waals surface area contributed by atoms with Gasteiger partial charge in [-0.05, 0) is 49.7 Å². The Labute approximate surface area is 162 Å². The van der Waals surface area contributed by atoms with Gasteiger partial charge in [0, 0.05) is 12.2 Å². The largest absolute Gasteiger partial charge is 0.323 e. The van der Waals surface area contributed by atoms with E-state index in [0.29, 0.717) is 4.88 Å². The van der Waals surface area contributed by atoms with Crippen LogP contribution in [0.15, 0.2) is 60.7 Å². The fourth-order valence-corrected chi connectivity index (χ4v) is 4.02. The van der Waals surface area contributed by atoms with Crippen molar-refractivity contribution >= 4 is 34.0 Å². The standard InChI is InChI=1S/C22H21N3OS/c1-3-14-25-18-7-5-4-6-17(18)24-21(25)19-12-13-20(27-19)22(26)23-16-10-8-15(2)9-11-16/h4-13H,3,14H2,1-2H3,(H,23,26). The molecule has 4 nitrogen and oxygen atoms in total. The molecule has 2 aromatic heterocycles. The van der Waals surface area contributed by atoms with Gasteiger partial charge in [-0.25, -0.2) is 4.98 Å². The summed E-state index contributed by atoms with van der Waals surface area (Å²) in [6, 6.07) is 19.8. The Hall–Kier alpha value is -2.92. The maximum absolute atomic E-state index is 12.6. The third kappa shape index (κ3) is 3.51. The second-order valence-corrected chi connectivity index (χ2v) is 7.64. The van der Waals surface area contributed by atoms with Crippen LogP contribution in [0.2, 0.25) is 0 Å². The third-order valence-corrected chi connectivity index (χ3v) is 5.54. The lowest BCUT2D eigenvalue weighted by atomic mass is 10.2. The third-order valence-electron chi connectivity index (χ3n) is 4.46. The number of aromatic nitrogens is 2. The fraction of sp³-hybridized carbons (Fsp3) is 0.182. The normalized spacial score (nSPS) is 11.0. The number of imidazole rings is 1. The van der Waals surface area contributed by atoms with Crippen LogP contribution >= 0.6 is 11.3 Å². The minimum Gasteiger partial charge on any atom is -0.323 e. The van der Waals surface area contributed by atoms with Gasteiger partial charge in [-0.3, -0.25) is 4.79 Å². The predicted octanol–water partition coefficient (Wildman–Crippen LogP) is 5.74. The maximum Gasteiger partial charge on any atom is 0.265 e. The van der Waals surface area contributed by atoms with E-state index < -0.39 is 0 Å². The van der Waals surface area contributed by atoms with Crippen LogP contribution in [0.25, 0.3) is 21.7 Å². The molecule has 4 aromatic rings. The zero-order chi connectivity index (χ0) is 18.8. The monoisotopic (exact) mass is 375 g/mol. The van der Waals surface area contributed by atoms with Gasteiger partial charge in [0.2, 0.25) is 0 Å². The number of nitrogens with one attached hydrogen (secondary N) is 1. The molecule has 0 bridgehead atoms. The smallest absolute Gasteiger partial charge is 0.265 e. The van der Waals surface area contributed by atoms with Crippen LogP contribution in [0.1, 0.15) is 28.6 Å². The van der Waals surface area contributed by atoms with Crippen LogP contribution in [-0.4, -0.2) is 15.5 Å². The molecule has 0 spiro atoms. The predicted molar refractivity (Wildman–Crippen MR) is 112 cm³/mol. The molecule has 27 heavy (non-hydrogen) atoms. The molecular weight excluding hydrogens is 354 g/mol. The molecule has 0 fully saturated rings. The molecule has 2 heterocycles. The van der Waals surface area contributed by atoms with Gasteiger partial charge < -0.3 is 9.88 Å². The van der Waals surface area contributed by atoms with Gasteiger partial charge in [-0.1, -0.05) is 36.8 Å². The van der Waals surface area contributed by atoms with E-state index >= 15 is 0 Å². The quantitative estimate of drug-likeness (QED) is 0.484. The Morgan fingerprint density at radius 2 is 1.85 bits per heavy atom. The summed E-state index contributed by atoms with van der Waals surface area (Å²) in [4.78, 5) is 19.1. The van der Waals surface area contributed by atoms with Gasteiger partial charge in [-0.15, -0.1) is 11.3 Å². The zero-order valence-corrected chi connectivity index (χ0v) is 16.2. The lowest BCUT2D eigenvalue weighted by Crippen LogP contribution is -2.09. The summed E-state index contributed by atoms with van der Waals surface area (Å²) in [6.07, 6.45) is 1.03. The van der Waals surface area contributed by atoms with Crippen molar-refractivity contribution in [1.29, 1.82) is 0 Å². The molecule has 0 saturated carbocycles. The fourth-order valence-electron chi connectivity index (χ4n) is 3.12. The van der Waals surface area contributed by atoms with E-state index in [1.54, 1.807) is 0 Å². The number of nitrogens with zero attached hydrogens (tertiary/aromatic N) is 2. The molecule has 0 unspecified atom stereocenters. The van der Waals surface area contributed by atoms with E-state index in [4.69, 9.17) is 4.98 Å². The van der Waals surface area contributed by atoms with Crippen molar-refractivity contribution in [1.82, 2.24) is 9.55 Å². The molecular formula is C22H21N3OS. The van der Waals surface area contributed by atoms with E-state index in [9.17, 15) is 4.79 Å². The Balaban J connectivity index is 1.64. The van der Waals surface area contributed by atoms with Crippen molar-refractivity contribution in [2.45, 2.75) is 26.8 Å². The highest BCUT2D eigenvalue weighted by atomic mass is 32.1. The van der Waals surface area contributed by atoms with E-state index in [2.05, 4.69) is 22.9 Å². The molecule has 0 aliphatic carbocycles. The van der Waals surface area contributed by atoms with E-state index in [1.807, 2.05) is 61.5 Å². The number of rotatable bonds is 5. The van der Waals surface area contributed by atoms with Crippen LogP contribution in [0.4, 0.5) is 5.69 Å². The van der Waals surface area contributed by atoms with Crippen LogP contribution < -0.4 is 5.32 Å². The van der Waals surface area contributed by atoms with E-state index in [1.165, 1.54) is 16.9 Å². The first kappa shape index (κ1) is 17.5. The number of benzene rings is 2. The number of thiophene rings is 1. The van der Waals surface area contributed by atoms with E-state index in [0.717, 1.165) is 40.4 Å². The summed E-state index contributed by atoms with van der Waals surface area (Å²) < 4.78 is 2.24. The summed E-state index contributed by atoms with van der Waals surface area (Å²) in [5, 5.41) is 2.96. The highest BCUT2D eigenvalue weighted by Gasteiger charge is 2.16. The van der Waals surface area contributed by atoms with Crippen LogP contribution in [0.3, 0.4) is 0 Å². The van der Waals surface area contributed by atoms with Crippen molar-refractivity contribution in [3.05, 3.63) is 71.1 Å². The van der Waals surface area contributed by atoms with Crippen molar-refractivity contribution in [2.24, 2.45) is 0 Å². The maximum atomic E-state index is 12.6. The Bertz CT molecular complexity index is 1090. The number of carbonyl (C=O) groups excluding carboxylic acids is 1. The number of amides is 1. The number of hydrogen-bond acceptors (Lipinski definition) is 3. The minimum atomic E-state index is -0.0896. The van der Waals surface area contributed by atoms with Gasteiger partial charge in [0.1, 0.15) is 0 Å². The van der Waals surface area contributed by atoms with Crippen molar-refractivity contribution in [3.8, 4) is 10.7 Å². The highest BCUT2D eigenvalue weighted by Crippen LogP contribution is 2.31. The van der Waals surface area contributed by atoms with Gasteiger partial charge in [-0.2, -0.15) is 0 Å². The molecule has 1 N–H and O–H groups in total. The first-order chi connectivity index (χ1) is 13.2. The summed E-state index contributed by atoms with van der Waals surface area (Å²) in [5.74, 6) is 0.839. The molecule has 4 rings (SSSR count). The topological polar surface area (TPSA) is 46.9 Å².